The number of nitrogens with zero attached hydrogens (tertiary/aromatic N) is 1. The third-order valence-electron chi connectivity index (χ3n) is 1.24. The summed E-state index contributed by atoms with van der Waals surface area (Å²) in [6.07, 6.45) is 0. The zero-order valence-corrected chi connectivity index (χ0v) is 5.73. The molecule has 2 aromatic heterocycles. The van der Waals surface area contributed by atoms with Crippen LogP contribution in [0, 0.1) is 6.92 Å². The van der Waals surface area contributed by atoms with E-state index in [9.17, 15) is 0 Å². The summed E-state index contributed by atoms with van der Waals surface area (Å²) < 4.78 is 6.11. The average molecular weight is 139 g/mol. The highest BCUT2D eigenvalue weighted by Gasteiger charge is 2.02. The van der Waals surface area contributed by atoms with Gasteiger partial charge in [-0.05, 0) is 18.4 Å². The largest absolute Gasteiger partial charge is 0.355 e. The van der Waals surface area contributed by atoms with E-state index in [1.807, 2.05) is 18.4 Å². The summed E-state index contributed by atoms with van der Waals surface area (Å²) in [4.78, 5) is 0. The Morgan fingerprint density at radius 2 is 2.56 bits per heavy atom. The molecule has 0 bridgehead atoms. The average Bonchev–Trinajstić information content (AvgIpc) is 2.35. The van der Waals surface area contributed by atoms with Crippen LogP contribution in [0.25, 0.3) is 10.3 Å². The minimum Gasteiger partial charge on any atom is -0.355 e. The molecule has 0 unspecified atom stereocenters. The van der Waals surface area contributed by atoms with Crippen LogP contribution in [0.3, 0.4) is 0 Å². The topological polar surface area (TPSA) is 26.0 Å². The molecule has 9 heavy (non-hydrogen) atoms. The van der Waals surface area contributed by atoms with Gasteiger partial charge in [0, 0.05) is 0 Å². The molecule has 2 aromatic rings. The van der Waals surface area contributed by atoms with E-state index in [-0.39, 0.29) is 0 Å². The number of thiophene rings is 1. The molecular weight excluding hydrogens is 134 g/mol. The lowest BCUT2D eigenvalue weighted by atomic mass is 10.4. The first-order valence-corrected chi connectivity index (χ1v) is 3.55. The van der Waals surface area contributed by atoms with Crippen molar-refractivity contribution in [1.82, 2.24) is 5.16 Å². The van der Waals surface area contributed by atoms with E-state index in [0.717, 1.165) is 16.0 Å². The predicted octanol–water partition coefficient (Wildman–Crippen LogP) is 2.20. The lowest BCUT2D eigenvalue weighted by Gasteiger charge is -1.69. The van der Waals surface area contributed by atoms with Gasteiger partial charge in [-0.2, -0.15) is 0 Å². The minimum atomic E-state index is 0.900. The molecule has 2 heterocycles. The maximum atomic E-state index is 4.95. The molecule has 0 radical (unpaired) electrons. The lowest BCUT2D eigenvalue weighted by Crippen LogP contribution is -1.62. The Hall–Kier alpha value is -0.830. The third kappa shape index (κ3) is 0.580. The Labute approximate surface area is 56.1 Å². The van der Waals surface area contributed by atoms with Crippen molar-refractivity contribution in [2.24, 2.45) is 0 Å². The van der Waals surface area contributed by atoms with E-state index >= 15 is 0 Å². The van der Waals surface area contributed by atoms with Gasteiger partial charge in [0.25, 0.3) is 0 Å². The summed E-state index contributed by atoms with van der Waals surface area (Å²) in [6.45, 7) is 1.95. The molecule has 0 atom stereocenters. The first kappa shape index (κ1) is 4.99. The van der Waals surface area contributed by atoms with E-state index < -0.39 is 0 Å². The van der Waals surface area contributed by atoms with Gasteiger partial charge in [0.1, 0.15) is 0 Å². The van der Waals surface area contributed by atoms with Crippen molar-refractivity contribution < 1.29 is 4.52 Å². The summed E-state index contributed by atoms with van der Waals surface area (Å²) in [7, 11) is 0. The van der Waals surface area contributed by atoms with Crippen molar-refractivity contribution >= 4 is 21.6 Å². The number of aromatic nitrogens is 1. The molecule has 46 valence electrons. The van der Waals surface area contributed by atoms with Gasteiger partial charge in [0.05, 0.1) is 10.4 Å². The van der Waals surface area contributed by atoms with Crippen LogP contribution in [-0.2, 0) is 0 Å². The SMILES string of the molecule is Cc1noc2ccsc12. The lowest BCUT2D eigenvalue weighted by molar-refractivity contribution is 0.450. The number of hydrogen-bond acceptors (Lipinski definition) is 3. The summed E-state index contributed by atoms with van der Waals surface area (Å²) in [6, 6.07) is 1.93. The van der Waals surface area contributed by atoms with E-state index in [1.165, 1.54) is 0 Å². The van der Waals surface area contributed by atoms with Crippen molar-refractivity contribution in [3.63, 3.8) is 0 Å². The van der Waals surface area contributed by atoms with Crippen LogP contribution >= 0.6 is 11.3 Å². The molecule has 2 nitrogen and oxygen atoms in total. The van der Waals surface area contributed by atoms with Gasteiger partial charge in [-0.3, -0.25) is 0 Å². The second kappa shape index (κ2) is 1.57. The maximum absolute atomic E-state index is 4.95. The molecule has 2 rings (SSSR count). The number of fused-ring (bicyclic) bond motifs is 1. The summed E-state index contributed by atoms with van der Waals surface area (Å²) in [5.41, 5.74) is 1.89. The first-order chi connectivity index (χ1) is 4.38. The molecule has 0 aromatic carbocycles. The van der Waals surface area contributed by atoms with Gasteiger partial charge in [-0.15, -0.1) is 11.3 Å². The van der Waals surface area contributed by atoms with Crippen LogP contribution in [-0.4, -0.2) is 5.16 Å². The molecule has 0 spiro atoms. The number of aryl methyl sites for hydroxylation is 1. The van der Waals surface area contributed by atoms with Crippen LogP contribution in [0.1, 0.15) is 5.69 Å². The van der Waals surface area contributed by atoms with Crippen molar-refractivity contribution in [1.29, 1.82) is 0 Å². The Morgan fingerprint density at radius 3 is 3.33 bits per heavy atom. The Balaban J connectivity index is 2.99. The van der Waals surface area contributed by atoms with Crippen LogP contribution in [0.5, 0.6) is 0 Å². The van der Waals surface area contributed by atoms with Gasteiger partial charge in [0.15, 0.2) is 5.58 Å². The maximum Gasteiger partial charge on any atom is 0.177 e. The van der Waals surface area contributed by atoms with Gasteiger partial charge < -0.3 is 4.52 Å². The van der Waals surface area contributed by atoms with Crippen LogP contribution < -0.4 is 0 Å². The van der Waals surface area contributed by atoms with Crippen LogP contribution in [0.15, 0.2) is 16.0 Å². The fourth-order valence-electron chi connectivity index (χ4n) is 0.792. The minimum absolute atomic E-state index is 0.900. The Morgan fingerprint density at radius 1 is 1.67 bits per heavy atom. The molecule has 3 heteroatoms. The second-order valence-electron chi connectivity index (χ2n) is 1.88. The fourth-order valence-corrected chi connectivity index (χ4v) is 1.55. The Bertz CT molecular complexity index is 322. The molecule has 0 saturated heterocycles. The molecule has 0 aliphatic heterocycles. The predicted molar refractivity (Wildman–Crippen MR) is 36.6 cm³/mol. The monoisotopic (exact) mass is 139 g/mol. The molecule has 0 aliphatic rings. The van der Waals surface area contributed by atoms with Gasteiger partial charge in [-0.1, -0.05) is 5.16 Å². The van der Waals surface area contributed by atoms with Gasteiger partial charge in [0.2, 0.25) is 0 Å². The summed E-state index contributed by atoms with van der Waals surface area (Å²) in [5.74, 6) is 0. The first-order valence-electron chi connectivity index (χ1n) is 2.67. The molecule has 0 aliphatic carbocycles. The van der Waals surface area contributed by atoms with E-state index in [1.54, 1.807) is 11.3 Å². The van der Waals surface area contributed by atoms with E-state index in [0.29, 0.717) is 0 Å². The van der Waals surface area contributed by atoms with Gasteiger partial charge >= 0.3 is 0 Å². The Kier molecular flexibility index (Phi) is 0.873. The molecule has 0 fully saturated rings. The fraction of sp³-hybridized carbons (Fsp3) is 0.167. The standard InChI is InChI=1S/C6H5NOS/c1-4-6-5(8-7-4)2-3-9-6/h2-3H,1H3. The quantitative estimate of drug-likeness (QED) is 0.559. The van der Waals surface area contributed by atoms with Crippen molar-refractivity contribution in [2.75, 3.05) is 0 Å². The summed E-state index contributed by atoms with van der Waals surface area (Å²) in [5, 5.41) is 5.79. The number of rotatable bonds is 0. The zero-order chi connectivity index (χ0) is 6.27. The molecule has 0 N–H and O–H groups in total. The number of hydrogen-bond donors (Lipinski definition) is 0. The second-order valence-corrected chi connectivity index (χ2v) is 2.80. The normalized spacial score (nSPS) is 10.8. The van der Waals surface area contributed by atoms with Gasteiger partial charge in [-0.25, -0.2) is 0 Å². The van der Waals surface area contributed by atoms with Crippen molar-refractivity contribution in [3.05, 3.63) is 17.1 Å². The van der Waals surface area contributed by atoms with Crippen LogP contribution in [0.2, 0.25) is 0 Å². The molecule has 0 amide bonds. The van der Waals surface area contributed by atoms with Crippen LogP contribution in [0.4, 0.5) is 0 Å². The molecule has 0 saturated carbocycles. The molecular formula is C6H5NOS. The highest BCUT2D eigenvalue weighted by molar-refractivity contribution is 7.17. The smallest absolute Gasteiger partial charge is 0.177 e. The zero-order valence-electron chi connectivity index (χ0n) is 4.92. The van der Waals surface area contributed by atoms with E-state index in [4.69, 9.17) is 4.52 Å². The van der Waals surface area contributed by atoms with Crippen molar-refractivity contribution in [3.8, 4) is 0 Å². The third-order valence-corrected chi connectivity index (χ3v) is 2.24. The highest BCUT2D eigenvalue weighted by Crippen LogP contribution is 2.22. The van der Waals surface area contributed by atoms with Crippen molar-refractivity contribution in [2.45, 2.75) is 6.92 Å². The highest BCUT2D eigenvalue weighted by atomic mass is 32.1. The summed E-state index contributed by atoms with van der Waals surface area (Å²) >= 11 is 1.66. The van der Waals surface area contributed by atoms with E-state index in [2.05, 4.69) is 5.16 Å².